The molecule has 1 rings (SSSR count). The molecule has 1 aromatic rings. The Morgan fingerprint density at radius 1 is 1.50 bits per heavy atom. The second-order valence-corrected chi connectivity index (χ2v) is 5.91. The van der Waals surface area contributed by atoms with E-state index in [4.69, 9.17) is 5.73 Å². The Balaban J connectivity index is 3.09. The minimum Gasteiger partial charge on any atom is -0.392 e. The van der Waals surface area contributed by atoms with Gasteiger partial charge in [0.25, 0.3) is 0 Å². The molecule has 0 radical (unpaired) electrons. The minimum atomic E-state index is -3.99. The monoisotopic (exact) mass is 294 g/mol. The van der Waals surface area contributed by atoms with Gasteiger partial charge in [-0.15, -0.1) is 0 Å². The lowest BCUT2D eigenvalue weighted by Crippen LogP contribution is -2.37. The van der Waals surface area contributed by atoms with Crippen molar-refractivity contribution in [3.8, 4) is 0 Å². The fraction of sp³-hybridized carbons (Fsp3) is 0.300. The highest BCUT2D eigenvalue weighted by Gasteiger charge is 2.27. The molecule has 0 bridgehead atoms. The zero-order valence-electron chi connectivity index (χ0n) is 9.48. The quantitative estimate of drug-likeness (QED) is 0.812. The van der Waals surface area contributed by atoms with Gasteiger partial charge in [-0.1, -0.05) is 19.1 Å². The molecule has 0 aliphatic rings. The molecule has 0 aliphatic heterocycles. The van der Waals surface area contributed by atoms with Gasteiger partial charge >= 0.3 is 0 Å². The number of sulfonamides is 1. The minimum absolute atomic E-state index is 0.140. The summed E-state index contributed by atoms with van der Waals surface area (Å²) in [5.74, 6) is -1.63. The molecular weight excluding hydrogens is 282 g/mol. The van der Waals surface area contributed by atoms with E-state index in [1.165, 1.54) is 0 Å². The summed E-state index contributed by atoms with van der Waals surface area (Å²) in [7, 11) is -3.99. The number of hydrogen-bond acceptors (Lipinski definition) is 3. The molecule has 0 saturated carbocycles. The lowest BCUT2D eigenvalue weighted by Gasteiger charge is -2.16. The fourth-order valence-corrected chi connectivity index (χ4v) is 3.27. The third kappa shape index (κ3) is 3.36. The summed E-state index contributed by atoms with van der Waals surface area (Å²) in [4.78, 5) is -0.221. The van der Waals surface area contributed by atoms with Gasteiger partial charge in [-0.25, -0.2) is 17.2 Å². The van der Waals surface area contributed by atoms with Gasteiger partial charge in [-0.3, -0.25) is 4.72 Å². The zero-order valence-corrected chi connectivity index (χ0v) is 11.1. The molecule has 0 fully saturated rings. The first-order valence-corrected chi connectivity index (χ1v) is 6.99. The molecule has 0 aliphatic carbocycles. The number of rotatable bonds is 5. The van der Waals surface area contributed by atoms with Gasteiger partial charge in [0.1, 0.15) is 16.9 Å². The Bertz CT molecular complexity index is 561. The van der Waals surface area contributed by atoms with E-state index in [0.717, 1.165) is 18.2 Å². The average molecular weight is 294 g/mol. The van der Waals surface area contributed by atoms with E-state index in [0.29, 0.717) is 0 Å². The maximum atomic E-state index is 13.3. The summed E-state index contributed by atoms with van der Waals surface area (Å²) < 4.78 is 51.9. The van der Waals surface area contributed by atoms with Crippen LogP contribution in [-0.4, -0.2) is 18.7 Å². The summed E-state index contributed by atoms with van der Waals surface area (Å²) in [6.07, 6.45) is 0.140. The Labute approximate surface area is 109 Å². The van der Waals surface area contributed by atoms with E-state index in [9.17, 15) is 17.2 Å². The lowest BCUT2D eigenvalue weighted by molar-refractivity contribution is 0.589. The summed E-state index contributed by atoms with van der Waals surface area (Å²) in [6, 6.07) is 2.46. The second kappa shape index (κ2) is 5.57. The third-order valence-electron chi connectivity index (χ3n) is 2.24. The van der Waals surface area contributed by atoms with Crippen molar-refractivity contribution in [1.82, 2.24) is 0 Å². The maximum absolute atomic E-state index is 13.3. The molecule has 3 N–H and O–H groups in total. The maximum Gasteiger partial charge on any atom is 0.242 e. The van der Waals surface area contributed by atoms with Gasteiger partial charge in [0.15, 0.2) is 0 Å². The Hall–Kier alpha value is -1.28. The Morgan fingerprint density at radius 2 is 2.11 bits per heavy atom. The molecule has 100 valence electrons. The number of nitrogens with two attached hydrogens (primary N) is 1. The first kappa shape index (κ1) is 14.8. The first-order chi connectivity index (χ1) is 8.27. The van der Waals surface area contributed by atoms with Gasteiger partial charge in [-0.2, -0.15) is 0 Å². The standard InChI is InChI=1S/C10H12F2N2O2S2/c1-2-9(10(13)17)18(15,16)14-8-5-6(11)3-4-7(8)12/h3-5,9,14H,2H2,1H3,(H2,13,17). The van der Waals surface area contributed by atoms with Gasteiger partial charge in [0, 0.05) is 6.07 Å². The van der Waals surface area contributed by atoms with Crippen molar-refractivity contribution in [2.24, 2.45) is 5.73 Å². The van der Waals surface area contributed by atoms with Gasteiger partial charge in [0.05, 0.1) is 10.7 Å². The van der Waals surface area contributed by atoms with E-state index in [2.05, 4.69) is 12.2 Å². The van der Waals surface area contributed by atoms with Crippen LogP contribution < -0.4 is 10.5 Å². The normalized spacial score (nSPS) is 13.1. The van der Waals surface area contributed by atoms with Crippen molar-refractivity contribution in [3.05, 3.63) is 29.8 Å². The molecule has 8 heteroatoms. The van der Waals surface area contributed by atoms with E-state index in [-0.39, 0.29) is 11.4 Å². The highest BCUT2D eigenvalue weighted by molar-refractivity contribution is 7.95. The molecule has 4 nitrogen and oxygen atoms in total. The molecular formula is C10H12F2N2O2S2. The van der Waals surface area contributed by atoms with Crippen molar-refractivity contribution in [3.63, 3.8) is 0 Å². The van der Waals surface area contributed by atoms with E-state index in [1.807, 2.05) is 4.72 Å². The molecule has 0 amide bonds. The van der Waals surface area contributed by atoms with Crippen molar-refractivity contribution < 1.29 is 17.2 Å². The highest BCUT2D eigenvalue weighted by atomic mass is 32.2. The molecule has 18 heavy (non-hydrogen) atoms. The number of hydrogen-bond donors (Lipinski definition) is 2. The van der Waals surface area contributed by atoms with Crippen molar-refractivity contribution in [1.29, 1.82) is 0 Å². The number of halogens is 2. The molecule has 1 unspecified atom stereocenters. The molecule has 0 saturated heterocycles. The summed E-state index contributed by atoms with van der Waals surface area (Å²) in [5, 5.41) is -1.13. The van der Waals surface area contributed by atoms with Crippen LogP contribution in [0.3, 0.4) is 0 Å². The van der Waals surface area contributed by atoms with Crippen LogP contribution in [0.4, 0.5) is 14.5 Å². The SMILES string of the molecule is CCC(C(N)=S)S(=O)(=O)Nc1cc(F)ccc1F. The van der Waals surface area contributed by atoms with Crippen molar-refractivity contribution in [2.45, 2.75) is 18.6 Å². The number of anilines is 1. The van der Waals surface area contributed by atoms with Gasteiger partial charge in [-0.05, 0) is 18.6 Å². The van der Waals surface area contributed by atoms with Crippen molar-refractivity contribution >= 4 is 32.9 Å². The molecule has 0 heterocycles. The predicted octanol–water partition coefficient (Wildman–Crippen LogP) is 1.77. The van der Waals surface area contributed by atoms with E-state index >= 15 is 0 Å². The second-order valence-electron chi connectivity index (χ2n) is 3.57. The van der Waals surface area contributed by atoms with Crippen LogP contribution >= 0.6 is 12.2 Å². The predicted molar refractivity (Wildman–Crippen MR) is 69.8 cm³/mol. The summed E-state index contributed by atoms with van der Waals surface area (Å²) in [6.45, 7) is 1.57. The summed E-state index contributed by atoms with van der Waals surface area (Å²) in [5.41, 5.74) is 4.83. The highest BCUT2D eigenvalue weighted by Crippen LogP contribution is 2.19. The average Bonchev–Trinajstić information content (AvgIpc) is 2.22. The Kier molecular flexibility index (Phi) is 4.58. The van der Waals surface area contributed by atoms with Crippen LogP contribution in [0, 0.1) is 11.6 Å². The van der Waals surface area contributed by atoms with Crippen molar-refractivity contribution in [2.75, 3.05) is 4.72 Å². The van der Waals surface area contributed by atoms with Crippen LogP contribution in [-0.2, 0) is 10.0 Å². The van der Waals surface area contributed by atoms with Crippen LogP contribution in [0.1, 0.15) is 13.3 Å². The van der Waals surface area contributed by atoms with Gasteiger partial charge in [0.2, 0.25) is 10.0 Å². The largest absolute Gasteiger partial charge is 0.392 e. The van der Waals surface area contributed by atoms with Crippen LogP contribution in [0.5, 0.6) is 0 Å². The third-order valence-corrected chi connectivity index (χ3v) is 4.52. The molecule has 1 aromatic carbocycles. The molecule has 0 aromatic heterocycles. The van der Waals surface area contributed by atoms with E-state index in [1.54, 1.807) is 6.92 Å². The van der Waals surface area contributed by atoms with Crippen LogP contribution in [0.15, 0.2) is 18.2 Å². The molecule has 1 atom stereocenters. The number of thiocarbonyl (C=S) groups is 1. The Morgan fingerprint density at radius 3 is 2.61 bits per heavy atom. The lowest BCUT2D eigenvalue weighted by atomic mass is 10.3. The fourth-order valence-electron chi connectivity index (χ4n) is 1.37. The summed E-state index contributed by atoms with van der Waals surface area (Å²) >= 11 is 4.63. The number of benzene rings is 1. The molecule has 0 spiro atoms. The topological polar surface area (TPSA) is 72.2 Å². The first-order valence-electron chi connectivity index (χ1n) is 5.04. The van der Waals surface area contributed by atoms with E-state index < -0.39 is 32.6 Å². The van der Waals surface area contributed by atoms with Gasteiger partial charge < -0.3 is 5.73 Å². The smallest absolute Gasteiger partial charge is 0.242 e. The zero-order chi connectivity index (χ0) is 13.9. The van der Waals surface area contributed by atoms with Crippen LogP contribution in [0.25, 0.3) is 0 Å². The number of nitrogens with one attached hydrogen (secondary N) is 1. The van der Waals surface area contributed by atoms with Crippen LogP contribution in [0.2, 0.25) is 0 Å².